The van der Waals surface area contributed by atoms with Crippen LogP contribution in [0.15, 0.2) is 24.3 Å². The van der Waals surface area contributed by atoms with E-state index in [0.29, 0.717) is 18.9 Å². The average Bonchev–Trinajstić information content (AvgIpc) is 2.88. The standard InChI is InChI=1S/C13H11N3O/c1-9-3-2-4-10(5-9)16-13(6-14)11-7-17-8-12(11)15-16/h2-5H,7-8H2,1H3. The lowest BCUT2D eigenvalue weighted by molar-refractivity contribution is 0.131. The van der Waals surface area contributed by atoms with Crippen LogP contribution in [0.2, 0.25) is 0 Å². The zero-order valence-electron chi connectivity index (χ0n) is 9.47. The van der Waals surface area contributed by atoms with Gasteiger partial charge < -0.3 is 4.74 Å². The fraction of sp³-hybridized carbons (Fsp3) is 0.231. The Morgan fingerprint density at radius 3 is 3.06 bits per heavy atom. The van der Waals surface area contributed by atoms with E-state index in [1.54, 1.807) is 4.68 Å². The molecule has 0 amide bonds. The minimum atomic E-state index is 0.490. The van der Waals surface area contributed by atoms with Crippen molar-refractivity contribution in [3.8, 4) is 11.8 Å². The molecular formula is C13H11N3O. The maximum Gasteiger partial charge on any atom is 0.150 e. The second-order valence-corrected chi connectivity index (χ2v) is 4.13. The number of fused-ring (bicyclic) bond motifs is 1. The molecule has 2 aromatic rings. The van der Waals surface area contributed by atoms with Gasteiger partial charge in [0, 0.05) is 5.56 Å². The van der Waals surface area contributed by atoms with Gasteiger partial charge in [0.1, 0.15) is 11.8 Å². The molecule has 0 spiro atoms. The molecule has 1 aliphatic rings. The van der Waals surface area contributed by atoms with Crippen LogP contribution in [-0.4, -0.2) is 9.78 Å². The summed E-state index contributed by atoms with van der Waals surface area (Å²) in [6.45, 7) is 3.02. The van der Waals surface area contributed by atoms with E-state index in [1.165, 1.54) is 0 Å². The zero-order chi connectivity index (χ0) is 11.8. The van der Waals surface area contributed by atoms with Crippen LogP contribution in [0.5, 0.6) is 0 Å². The van der Waals surface area contributed by atoms with Crippen LogP contribution in [-0.2, 0) is 18.0 Å². The summed E-state index contributed by atoms with van der Waals surface area (Å²) >= 11 is 0. The molecule has 0 aliphatic carbocycles. The summed E-state index contributed by atoms with van der Waals surface area (Å²) < 4.78 is 6.99. The number of nitrogens with zero attached hydrogens (tertiary/aromatic N) is 3. The third kappa shape index (κ3) is 1.52. The number of benzene rings is 1. The quantitative estimate of drug-likeness (QED) is 0.746. The van der Waals surface area contributed by atoms with Crippen LogP contribution in [0.25, 0.3) is 5.69 Å². The first-order valence-corrected chi connectivity index (χ1v) is 5.45. The van der Waals surface area contributed by atoms with Gasteiger partial charge in [-0.2, -0.15) is 10.4 Å². The summed E-state index contributed by atoms with van der Waals surface area (Å²) in [5.74, 6) is 0. The van der Waals surface area contributed by atoms with E-state index in [-0.39, 0.29) is 0 Å². The molecule has 0 saturated carbocycles. The van der Waals surface area contributed by atoms with Gasteiger partial charge in [-0.1, -0.05) is 12.1 Å². The Morgan fingerprint density at radius 1 is 1.41 bits per heavy atom. The van der Waals surface area contributed by atoms with Crippen molar-refractivity contribution >= 4 is 0 Å². The number of rotatable bonds is 1. The van der Waals surface area contributed by atoms with E-state index < -0.39 is 0 Å². The van der Waals surface area contributed by atoms with E-state index in [0.717, 1.165) is 22.5 Å². The fourth-order valence-corrected chi connectivity index (χ4v) is 2.07. The Labute approximate surface area is 99.1 Å². The number of nitriles is 1. The van der Waals surface area contributed by atoms with Gasteiger partial charge in [0.2, 0.25) is 0 Å². The monoisotopic (exact) mass is 225 g/mol. The van der Waals surface area contributed by atoms with Gasteiger partial charge in [-0.15, -0.1) is 0 Å². The second-order valence-electron chi connectivity index (χ2n) is 4.13. The van der Waals surface area contributed by atoms with Crippen LogP contribution in [0.3, 0.4) is 0 Å². The predicted molar refractivity (Wildman–Crippen MR) is 61.5 cm³/mol. The van der Waals surface area contributed by atoms with Crippen molar-refractivity contribution in [2.75, 3.05) is 0 Å². The van der Waals surface area contributed by atoms with E-state index in [2.05, 4.69) is 11.2 Å². The Morgan fingerprint density at radius 2 is 2.29 bits per heavy atom. The lowest BCUT2D eigenvalue weighted by Gasteiger charge is -2.04. The minimum absolute atomic E-state index is 0.490. The highest BCUT2D eigenvalue weighted by Gasteiger charge is 2.23. The first-order valence-electron chi connectivity index (χ1n) is 5.45. The highest BCUT2D eigenvalue weighted by molar-refractivity contribution is 5.45. The van der Waals surface area contributed by atoms with Crippen molar-refractivity contribution in [3.05, 3.63) is 46.8 Å². The van der Waals surface area contributed by atoms with Gasteiger partial charge in [-0.3, -0.25) is 0 Å². The number of hydrogen-bond donors (Lipinski definition) is 0. The normalized spacial score (nSPS) is 13.4. The van der Waals surface area contributed by atoms with Crippen LogP contribution in [0, 0.1) is 18.3 Å². The molecule has 0 N–H and O–H groups in total. The maximum atomic E-state index is 9.24. The Balaban J connectivity index is 2.19. The first kappa shape index (κ1) is 10.1. The molecule has 0 bridgehead atoms. The maximum absolute atomic E-state index is 9.24. The summed E-state index contributed by atoms with van der Waals surface area (Å²) in [6, 6.07) is 10.2. The Hall–Kier alpha value is -2.12. The van der Waals surface area contributed by atoms with Crippen molar-refractivity contribution in [2.45, 2.75) is 20.1 Å². The third-order valence-electron chi connectivity index (χ3n) is 2.90. The molecule has 0 atom stereocenters. The van der Waals surface area contributed by atoms with Crippen molar-refractivity contribution in [1.82, 2.24) is 9.78 Å². The topological polar surface area (TPSA) is 50.8 Å². The smallest absolute Gasteiger partial charge is 0.150 e. The van der Waals surface area contributed by atoms with Gasteiger partial charge in [0.05, 0.1) is 24.6 Å². The van der Waals surface area contributed by atoms with Crippen molar-refractivity contribution in [3.63, 3.8) is 0 Å². The lowest BCUT2D eigenvalue weighted by Crippen LogP contribution is -2.02. The van der Waals surface area contributed by atoms with Gasteiger partial charge >= 0.3 is 0 Å². The van der Waals surface area contributed by atoms with E-state index in [1.807, 2.05) is 31.2 Å². The fourth-order valence-electron chi connectivity index (χ4n) is 2.07. The van der Waals surface area contributed by atoms with Crippen molar-refractivity contribution in [1.29, 1.82) is 5.26 Å². The van der Waals surface area contributed by atoms with Crippen LogP contribution in [0.1, 0.15) is 22.5 Å². The molecule has 4 nitrogen and oxygen atoms in total. The molecule has 84 valence electrons. The average molecular weight is 225 g/mol. The molecule has 0 saturated heterocycles. The van der Waals surface area contributed by atoms with Crippen LogP contribution < -0.4 is 0 Å². The first-order chi connectivity index (χ1) is 8.29. The van der Waals surface area contributed by atoms with Crippen LogP contribution >= 0.6 is 0 Å². The van der Waals surface area contributed by atoms with E-state index in [9.17, 15) is 5.26 Å². The van der Waals surface area contributed by atoms with Crippen LogP contribution in [0.4, 0.5) is 0 Å². The number of ether oxygens (including phenoxy) is 1. The third-order valence-corrected chi connectivity index (χ3v) is 2.90. The summed E-state index contributed by atoms with van der Waals surface area (Å²) in [4.78, 5) is 0. The number of aryl methyl sites for hydroxylation is 1. The zero-order valence-corrected chi connectivity index (χ0v) is 9.47. The van der Waals surface area contributed by atoms with Crippen molar-refractivity contribution < 1.29 is 4.74 Å². The highest BCUT2D eigenvalue weighted by atomic mass is 16.5. The molecule has 1 aromatic heterocycles. The second kappa shape index (κ2) is 3.72. The molecule has 3 rings (SSSR count). The SMILES string of the molecule is Cc1cccc(-n2nc3c(c2C#N)COC3)c1. The van der Waals surface area contributed by atoms with Crippen molar-refractivity contribution in [2.24, 2.45) is 0 Å². The van der Waals surface area contributed by atoms with E-state index in [4.69, 9.17) is 4.74 Å². The summed E-state index contributed by atoms with van der Waals surface area (Å²) in [5.41, 5.74) is 4.47. The molecule has 4 heteroatoms. The van der Waals surface area contributed by atoms with Gasteiger partial charge in [-0.05, 0) is 24.6 Å². The van der Waals surface area contributed by atoms with Gasteiger partial charge in [-0.25, -0.2) is 4.68 Å². The number of hydrogen-bond acceptors (Lipinski definition) is 3. The summed E-state index contributed by atoms with van der Waals surface area (Å²) in [6.07, 6.45) is 0. The molecule has 0 radical (unpaired) electrons. The molecule has 17 heavy (non-hydrogen) atoms. The minimum Gasteiger partial charge on any atom is -0.370 e. The lowest BCUT2D eigenvalue weighted by atomic mass is 10.2. The molecule has 1 aliphatic heterocycles. The van der Waals surface area contributed by atoms with Gasteiger partial charge in [0.25, 0.3) is 0 Å². The van der Waals surface area contributed by atoms with Gasteiger partial charge in [0.15, 0.2) is 0 Å². The predicted octanol–water partition coefficient (Wildman–Crippen LogP) is 2.08. The largest absolute Gasteiger partial charge is 0.370 e. The van der Waals surface area contributed by atoms with E-state index >= 15 is 0 Å². The molecule has 0 fully saturated rings. The Kier molecular flexibility index (Phi) is 2.20. The summed E-state index contributed by atoms with van der Waals surface area (Å²) in [5, 5.41) is 13.7. The highest BCUT2D eigenvalue weighted by Crippen LogP contribution is 2.25. The molecular weight excluding hydrogens is 214 g/mol. The molecule has 1 aromatic carbocycles. The molecule has 2 heterocycles. The Bertz CT molecular complexity index is 622. The number of aromatic nitrogens is 2. The molecule has 0 unspecified atom stereocenters. The summed E-state index contributed by atoms with van der Waals surface area (Å²) in [7, 11) is 0.